The number of carbonyl (C=O) groups is 1. The van der Waals surface area contributed by atoms with Crippen molar-refractivity contribution < 1.29 is 49.3 Å². The Balaban J connectivity index is 0.00000361. The molecule has 1 N–H and O–H groups in total. The van der Waals surface area contributed by atoms with Gasteiger partial charge in [0.25, 0.3) is 0 Å². The maximum atomic E-state index is 10.7. The smallest absolute Gasteiger partial charge is 0.545 e. The topological polar surface area (TPSA) is 69.6 Å². The van der Waals surface area contributed by atoms with Gasteiger partial charge in [-0.05, 0) is 24.5 Å². The van der Waals surface area contributed by atoms with Gasteiger partial charge in [0.15, 0.2) is 0 Å². The summed E-state index contributed by atoms with van der Waals surface area (Å²) in [7, 11) is 0. The Morgan fingerprint density at radius 2 is 2.10 bits per heavy atom. The van der Waals surface area contributed by atoms with Gasteiger partial charge in [-0.25, -0.2) is 0 Å². The minimum Gasteiger partial charge on any atom is -0.545 e. The SMILES string of the molecule is CCCCC(CC)COc1ccc(C(=O)[O-])c(O)c1.[Na+]. The quantitative estimate of drug-likeness (QED) is 0.646. The van der Waals surface area contributed by atoms with Gasteiger partial charge in [-0.2, -0.15) is 0 Å². The van der Waals surface area contributed by atoms with Crippen LogP contribution in [-0.4, -0.2) is 17.7 Å². The van der Waals surface area contributed by atoms with Crippen molar-refractivity contribution in [1.29, 1.82) is 0 Å². The molecule has 0 aliphatic carbocycles. The summed E-state index contributed by atoms with van der Waals surface area (Å²) in [5.74, 6) is -0.738. The molecule has 0 amide bonds. The zero-order valence-corrected chi connectivity index (χ0v) is 14.5. The first-order chi connectivity index (χ1) is 9.08. The number of ether oxygens (including phenoxy) is 1. The van der Waals surface area contributed by atoms with Crippen LogP contribution >= 0.6 is 0 Å². The van der Waals surface area contributed by atoms with Crippen LogP contribution < -0.4 is 39.4 Å². The number of carboxylic acid groups (broad SMARTS) is 1. The number of aromatic carboxylic acids is 1. The number of carboxylic acids is 1. The van der Waals surface area contributed by atoms with E-state index in [0.29, 0.717) is 18.3 Å². The van der Waals surface area contributed by atoms with Gasteiger partial charge in [0.2, 0.25) is 0 Å². The van der Waals surface area contributed by atoms with Crippen molar-refractivity contribution in [1.82, 2.24) is 0 Å². The van der Waals surface area contributed by atoms with Crippen LogP contribution in [-0.2, 0) is 0 Å². The van der Waals surface area contributed by atoms with Crippen molar-refractivity contribution in [2.75, 3.05) is 6.61 Å². The number of hydrogen-bond donors (Lipinski definition) is 1. The van der Waals surface area contributed by atoms with Crippen LogP contribution in [0.25, 0.3) is 0 Å². The summed E-state index contributed by atoms with van der Waals surface area (Å²) < 4.78 is 5.60. The summed E-state index contributed by atoms with van der Waals surface area (Å²) in [6, 6.07) is 4.15. The third-order valence-electron chi connectivity index (χ3n) is 3.22. The van der Waals surface area contributed by atoms with Gasteiger partial charge >= 0.3 is 29.6 Å². The molecule has 0 aliphatic heterocycles. The van der Waals surface area contributed by atoms with E-state index in [9.17, 15) is 15.0 Å². The first-order valence-corrected chi connectivity index (χ1v) is 6.75. The molecule has 5 heteroatoms. The van der Waals surface area contributed by atoms with E-state index in [0.717, 1.165) is 19.3 Å². The van der Waals surface area contributed by atoms with Crippen LogP contribution in [0.1, 0.15) is 49.9 Å². The van der Waals surface area contributed by atoms with Crippen LogP contribution in [0.3, 0.4) is 0 Å². The molecular formula is C15H21NaO4. The van der Waals surface area contributed by atoms with E-state index in [2.05, 4.69) is 13.8 Å². The van der Waals surface area contributed by atoms with Gasteiger partial charge in [0.05, 0.1) is 12.6 Å². The van der Waals surface area contributed by atoms with Crippen LogP contribution in [0.4, 0.5) is 0 Å². The van der Waals surface area contributed by atoms with E-state index in [1.165, 1.54) is 24.6 Å². The molecule has 0 saturated heterocycles. The van der Waals surface area contributed by atoms with E-state index in [1.807, 2.05) is 0 Å². The largest absolute Gasteiger partial charge is 1.00 e. The molecule has 0 spiro atoms. The van der Waals surface area contributed by atoms with Crippen molar-refractivity contribution >= 4 is 5.97 Å². The summed E-state index contributed by atoms with van der Waals surface area (Å²) in [4.78, 5) is 10.7. The molecular weight excluding hydrogens is 267 g/mol. The molecule has 1 aromatic rings. The number of carbonyl (C=O) groups excluding carboxylic acids is 1. The van der Waals surface area contributed by atoms with Gasteiger partial charge in [-0.3, -0.25) is 0 Å². The molecule has 0 aliphatic rings. The minimum absolute atomic E-state index is 0. The second-order valence-electron chi connectivity index (χ2n) is 4.69. The third-order valence-corrected chi connectivity index (χ3v) is 3.22. The van der Waals surface area contributed by atoms with Crippen molar-refractivity contribution in [2.24, 2.45) is 5.92 Å². The fourth-order valence-electron chi connectivity index (χ4n) is 1.89. The molecule has 1 unspecified atom stereocenters. The normalized spacial score (nSPS) is 11.5. The summed E-state index contributed by atoms with van der Waals surface area (Å²) in [6.45, 7) is 4.87. The summed E-state index contributed by atoms with van der Waals surface area (Å²) in [5, 5.41) is 20.2. The fourth-order valence-corrected chi connectivity index (χ4v) is 1.89. The molecule has 4 nitrogen and oxygen atoms in total. The number of benzene rings is 1. The average Bonchev–Trinajstić information content (AvgIpc) is 2.38. The Labute approximate surface area is 142 Å². The fraction of sp³-hybridized carbons (Fsp3) is 0.533. The Hall–Kier alpha value is -0.710. The third kappa shape index (κ3) is 6.16. The van der Waals surface area contributed by atoms with Gasteiger partial charge in [0, 0.05) is 11.6 Å². The van der Waals surface area contributed by atoms with E-state index >= 15 is 0 Å². The number of rotatable bonds is 8. The zero-order chi connectivity index (χ0) is 14.3. The molecule has 0 radical (unpaired) electrons. The predicted octanol–water partition coefficient (Wildman–Crippen LogP) is -0.645. The maximum Gasteiger partial charge on any atom is 1.00 e. The molecule has 1 atom stereocenters. The Bertz CT molecular complexity index is 420. The Morgan fingerprint density at radius 1 is 1.40 bits per heavy atom. The van der Waals surface area contributed by atoms with Crippen molar-refractivity contribution in [3.63, 3.8) is 0 Å². The number of phenols is 1. The molecule has 0 fully saturated rings. The van der Waals surface area contributed by atoms with Crippen LogP contribution in [0.2, 0.25) is 0 Å². The molecule has 1 aromatic carbocycles. The van der Waals surface area contributed by atoms with Crippen LogP contribution in [0, 0.1) is 5.92 Å². The first-order valence-electron chi connectivity index (χ1n) is 6.75. The van der Waals surface area contributed by atoms with Crippen LogP contribution in [0.15, 0.2) is 18.2 Å². The molecule has 0 bridgehead atoms. The van der Waals surface area contributed by atoms with Gasteiger partial charge < -0.3 is 19.7 Å². The summed E-state index contributed by atoms with van der Waals surface area (Å²) in [6.07, 6.45) is 4.51. The molecule has 0 saturated carbocycles. The van der Waals surface area contributed by atoms with Gasteiger partial charge in [0.1, 0.15) is 11.5 Å². The van der Waals surface area contributed by atoms with Gasteiger partial charge in [-0.15, -0.1) is 0 Å². The molecule has 1 rings (SSSR count). The van der Waals surface area contributed by atoms with Crippen molar-refractivity contribution in [2.45, 2.75) is 39.5 Å². The van der Waals surface area contributed by atoms with E-state index in [1.54, 1.807) is 0 Å². The molecule has 0 heterocycles. The average molecular weight is 288 g/mol. The number of aromatic hydroxyl groups is 1. The second kappa shape index (κ2) is 10.1. The number of unbranched alkanes of at least 4 members (excludes halogenated alkanes) is 1. The van der Waals surface area contributed by atoms with Crippen molar-refractivity contribution in [3.05, 3.63) is 23.8 Å². The predicted molar refractivity (Wildman–Crippen MR) is 71.2 cm³/mol. The summed E-state index contributed by atoms with van der Waals surface area (Å²) in [5.41, 5.74) is -0.217. The van der Waals surface area contributed by atoms with Crippen molar-refractivity contribution in [3.8, 4) is 11.5 Å². The molecule has 0 aromatic heterocycles. The standard InChI is InChI=1S/C15H22O4.Na/c1-3-5-6-11(4-2)10-19-12-7-8-13(15(17)18)14(16)9-12;/h7-9,11,16H,3-6,10H2,1-2H3,(H,17,18);/q;+1/p-1. The zero-order valence-electron chi connectivity index (χ0n) is 12.5. The monoisotopic (exact) mass is 288 g/mol. The van der Waals surface area contributed by atoms with Crippen LogP contribution in [0.5, 0.6) is 11.5 Å². The second-order valence-corrected chi connectivity index (χ2v) is 4.69. The molecule has 20 heavy (non-hydrogen) atoms. The maximum absolute atomic E-state index is 10.7. The summed E-state index contributed by atoms with van der Waals surface area (Å²) >= 11 is 0. The number of hydrogen-bond acceptors (Lipinski definition) is 4. The van der Waals surface area contributed by atoms with E-state index < -0.39 is 5.97 Å². The minimum atomic E-state index is -1.39. The van der Waals surface area contributed by atoms with Gasteiger partial charge in [-0.1, -0.05) is 33.1 Å². The molecule has 106 valence electrons. The first kappa shape index (κ1) is 19.3. The van der Waals surface area contributed by atoms with E-state index in [4.69, 9.17) is 4.74 Å². The Kier molecular flexibility index (Phi) is 9.72. The van der Waals surface area contributed by atoms with E-state index in [-0.39, 0.29) is 40.9 Å². The Morgan fingerprint density at radius 3 is 2.60 bits per heavy atom.